The van der Waals surface area contributed by atoms with Gasteiger partial charge in [-0.1, -0.05) is 0 Å². The number of hydrogen-bond donors (Lipinski definition) is 1. The topological polar surface area (TPSA) is 12.0 Å². The molecule has 0 aromatic heterocycles. The van der Waals surface area contributed by atoms with Crippen LogP contribution in [0.3, 0.4) is 0 Å². The van der Waals surface area contributed by atoms with E-state index in [2.05, 4.69) is 71.8 Å². The van der Waals surface area contributed by atoms with Gasteiger partial charge in [-0.2, -0.15) is 0 Å². The molecule has 1 aromatic carbocycles. The van der Waals surface area contributed by atoms with Gasteiger partial charge in [0.05, 0.1) is 0 Å². The van der Waals surface area contributed by atoms with Crippen LogP contribution in [-0.4, -0.2) is 5.92 Å². The molecule has 0 saturated heterocycles. The minimum atomic E-state index is -0.821. The minimum Gasteiger partial charge on any atom is -1.00 e. The van der Waals surface area contributed by atoms with Crippen LogP contribution in [-0.2, 0) is 22.9 Å². The Bertz CT molecular complexity index is 719. The first kappa shape index (κ1) is 18.1. The van der Waals surface area contributed by atoms with Crippen LogP contribution in [0.15, 0.2) is 63.2 Å². The first-order chi connectivity index (χ1) is 9.92. The molecule has 112 valence electrons. The summed E-state index contributed by atoms with van der Waals surface area (Å²) in [5.74, 6) is 4.71. The van der Waals surface area contributed by atoms with Gasteiger partial charge < -0.3 is 24.8 Å². The van der Waals surface area contributed by atoms with Crippen LogP contribution in [0.5, 0.6) is 0 Å². The summed E-state index contributed by atoms with van der Waals surface area (Å²) in [6.45, 7) is 0. The summed E-state index contributed by atoms with van der Waals surface area (Å²) in [5.41, 5.74) is 3.07. The predicted octanol–water partition coefficient (Wildman–Crippen LogP) is -1.94. The van der Waals surface area contributed by atoms with Crippen molar-refractivity contribution in [1.82, 2.24) is 5.32 Å². The van der Waals surface area contributed by atoms with E-state index < -0.39 is 30.5 Å². The van der Waals surface area contributed by atoms with Crippen LogP contribution in [0, 0.1) is 0 Å². The average Bonchev–Trinajstić information content (AvgIpc) is 3.19. The Morgan fingerprint density at radius 1 is 1.18 bits per heavy atom. The Morgan fingerprint density at radius 3 is 2.77 bits per heavy atom. The van der Waals surface area contributed by atoms with E-state index in [0.29, 0.717) is 0 Å². The van der Waals surface area contributed by atoms with Gasteiger partial charge >= 0.3 is 132 Å². The SMILES string of the molecule is C1=CC[C]([Hf+2][CH]2C([PH]3=CNC=C3)=Cc3ccccc32)=C1.[Cl-].[Cl-]. The summed E-state index contributed by atoms with van der Waals surface area (Å²) in [6, 6.07) is 9.02. The molecule has 2 atom stereocenters. The average molecular weight is 515 g/mol. The Kier molecular flexibility index (Phi) is 6.59. The number of rotatable bonds is 3. The standard InChI is InChI=1S/C12H11NP.C5H5.2ClH.Hf/c1-2-4-11-8-12(7-10(11)3-1)14-6-5-13-9-14;1-2-4-5-3-1;;;/h1-9,13-14H;1-3H,4H2;2*1H;/q;;;;+2/p-2. The molecular formula is C17H16Cl2HfNP. The maximum atomic E-state index is 3.28. The van der Waals surface area contributed by atoms with E-state index in [1.54, 1.807) is 14.2 Å². The molecule has 5 heteroatoms. The molecule has 1 N–H and O–H groups in total. The molecule has 2 aliphatic carbocycles. The molecule has 0 bridgehead atoms. The third-order valence-corrected chi connectivity index (χ3v) is 13.0. The monoisotopic (exact) mass is 515 g/mol. The first-order valence-corrected chi connectivity index (χ1v) is 12.5. The number of fused-ring (bicyclic) bond motifs is 1. The predicted molar refractivity (Wildman–Crippen MR) is 85.7 cm³/mol. The van der Waals surface area contributed by atoms with E-state index in [1.165, 1.54) is 12.0 Å². The van der Waals surface area contributed by atoms with Crippen molar-refractivity contribution in [1.29, 1.82) is 0 Å². The van der Waals surface area contributed by atoms with Gasteiger partial charge in [0, 0.05) is 0 Å². The minimum absolute atomic E-state index is 0. The van der Waals surface area contributed by atoms with Crippen molar-refractivity contribution >= 4 is 19.5 Å². The zero-order valence-corrected chi connectivity index (χ0v) is 18.0. The fraction of sp³-hybridized carbons (Fsp3) is 0.118. The molecule has 3 aliphatic rings. The second-order valence-electron chi connectivity index (χ2n) is 5.23. The van der Waals surface area contributed by atoms with Gasteiger partial charge in [0.25, 0.3) is 0 Å². The van der Waals surface area contributed by atoms with Crippen molar-refractivity contribution in [2.45, 2.75) is 10.1 Å². The molecular weight excluding hydrogens is 499 g/mol. The molecule has 0 spiro atoms. The molecule has 0 amide bonds. The zero-order valence-electron chi connectivity index (χ0n) is 11.9. The van der Waals surface area contributed by atoms with E-state index in [1.807, 2.05) is 0 Å². The first-order valence-electron chi connectivity index (χ1n) is 6.98. The van der Waals surface area contributed by atoms with Gasteiger partial charge in [-0.05, 0) is 0 Å². The van der Waals surface area contributed by atoms with E-state index >= 15 is 0 Å². The van der Waals surface area contributed by atoms with Gasteiger partial charge in [0.2, 0.25) is 0 Å². The van der Waals surface area contributed by atoms with Crippen molar-refractivity contribution in [3.05, 3.63) is 74.3 Å². The van der Waals surface area contributed by atoms with Gasteiger partial charge in [-0.15, -0.1) is 0 Å². The van der Waals surface area contributed by atoms with Gasteiger partial charge in [0.1, 0.15) is 0 Å². The summed E-state index contributed by atoms with van der Waals surface area (Å²) < 4.78 is 2.53. The number of benzene rings is 1. The Labute approximate surface area is 156 Å². The van der Waals surface area contributed by atoms with Gasteiger partial charge in [-0.25, -0.2) is 0 Å². The largest absolute Gasteiger partial charge is 1.00 e. The van der Waals surface area contributed by atoms with E-state index in [9.17, 15) is 0 Å². The number of halogens is 2. The van der Waals surface area contributed by atoms with Gasteiger partial charge in [-0.3, -0.25) is 0 Å². The van der Waals surface area contributed by atoms with Crippen molar-refractivity contribution in [3.63, 3.8) is 0 Å². The molecule has 1 nitrogen and oxygen atoms in total. The normalized spacial score (nSPS) is 23.3. The van der Waals surface area contributed by atoms with Crippen LogP contribution < -0.4 is 30.1 Å². The smallest absolute Gasteiger partial charge is 1.00 e. The zero-order chi connectivity index (χ0) is 13.4. The summed E-state index contributed by atoms with van der Waals surface area (Å²) in [4.78, 5) is 0. The molecule has 1 aromatic rings. The summed E-state index contributed by atoms with van der Waals surface area (Å²) >= 11 is -0.821. The Balaban J connectivity index is 0.000000882. The molecule has 1 aliphatic heterocycles. The second-order valence-corrected chi connectivity index (χ2v) is 12.8. The molecule has 0 saturated carbocycles. The maximum absolute atomic E-state index is 3.28. The van der Waals surface area contributed by atoms with Crippen molar-refractivity contribution in [3.8, 4) is 0 Å². The van der Waals surface area contributed by atoms with Crippen LogP contribution in [0.25, 0.3) is 6.08 Å². The molecule has 1 heterocycles. The van der Waals surface area contributed by atoms with Crippen LogP contribution in [0.1, 0.15) is 21.2 Å². The third kappa shape index (κ3) is 3.46. The van der Waals surface area contributed by atoms with E-state index in [4.69, 9.17) is 0 Å². The molecule has 4 rings (SSSR count). The van der Waals surface area contributed by atoms with Crippen molar-refractivity contribution < 1.29 is 47.7 Å². The maximum Gasteiger partial charge on any atom is -1.00 e. The molecule has 0 radical (unpaired) electrons. The Hall–Kier alpha value is -0.270. The summed E-state index contributed by atoms with van der Waals surface area (Å²) in [5, 5.41) is 5.00. The molecule has 22 heavy (non-hydrogen) atoms. The third-order valence-electron chi connectivity index (χ3n) is 3.96. The van der Waals surface area contributed by atoms with Crippen LogP contribution in [0.2, 0.25) is 0 Å². The summed E-state index contributed by atoms with van der Waals surface area (Å²) in [7, 11) is -0.600. The number of nitrogens with one attached hydrogen (secondary N) is 1. The van der Waals surface area contributed by atoms with E-state index in [-0.39, 0.29) is 24.8 Å². The van der Waals surface area contributed by atoms with E-state index in [0.717, 1.165) is 3.67 Å². The summed E-state index contributed by atoms with van der Waals surface area (Å²) in [6.07, 6.45) is 12.7. The van der Waals surface area contributed by atoms with Crippen molar-refractivity contribution in [2.24, 2.45) is 0 Å². The van der Waals surface area contributed by atoms with Crippen LogP contribution >= 0.6 is 7.55 Å². The second kappa shape index (κ2) is 8.02. The molecule has 2 unspecified atom stereocenters. The van der Waals surface area contributed by atoms with Crippen molar-refractivity contribution in [2.75, 3.05) is 0 Å². The fourth-order valence-corrected chi connectivity index (χ4v) is 12.4. The van der Waals surface area contributed by atoms with Gasteiger partial charge in [0.15, 0.2) is 0 Å². The quantitative estimate of drug-likeness (QED) is 0.366. The van der Waals surface area contributed by atoms with Crippen LogP contribution in [0.4, 0.5) is 0 Å². The number of allylic oxidation sites excluding steroid dienone is 5. The fourth-order valence-electron chi connectivity index (χ4n) is 2.97. The molecule has 0 fully saturated rings. The Morgan fingerprint density at radius 2 is 2.05 bits per heavy atom. The number of hydrogen-bond acceptors (Lipinski definition) is 1.